The van der Waals surface area contributed by atoms with Crippen LogP contribution in [0, 0.1) is 6.92 Å². The highest BCUT2D eigenvalue weighted by Crippen LogP contribution is 2.26. The molecule has 0 spiro atoms. The summed E-state index contributed by atoms with van der Waals surface area (Å²) in [4.78, 5) is 25.0. The molecule has 0 fully saturated rings. The van der Waals surface area contributed by atoms with Crippen LogP contribution in [0.1, 0.15) is 37.8 Å². The van der Waals surface area contributed by atoms with Gasteiger partial charge in [-0.05, 0) is 45.0 Å². The van der Waals surface area contributed by atoms with Gasteiger partial charge in [0, 0.05) is 6.42 Å². The summed E-state index contributed by atoms with van der Waals surface area (Å²) >= 11 is 0. The summed E-state index contributed by atoms with van der Waals surface area (Å²) in [6.07, 6.45) is 0.184. The SMILES string of the molecule is CCOC(=O)C1=NN(c2ccccc2)C(C(=O)NC(C)c2ccc(C)o2)C1. The molecule has 2 atom stereocenters. The summed E-state index contributed by atoms with van der Waals surface area (Å²) in [5.41, 5.74) is 0.973. The lowest BCUT2D eigenvalue weighted by atomic mass is 10.1. The summed E-state index contributed by atoms with van der Waals surface area (Å²) in [7, 11) is 0. The van der Waals surface area contributed by atoms with Crippen LogP contribution in [0.25, 0.3) is 0 Å². The molecular formula is C20H23N3O4. The van der Waals surface area contributed by atoms with E-state index in [9.17, 15) is 9.59 Å². The molecule has 2 heterocycles. The van der Waals surface area contributed by atoms with Crippen LogP contribution in [-0.2, 0) is 14.3 Å². The monoisotopic (exact) mass is 369 g/mol. The normalized spacial score (nSPS) is 17.4. The maximum Gasteiger partial charge on any atom is 0.354 e. The van der Waals surface area contributed by atoms with E-state index < -0.39 is 12.0 Å². The molecule has 0 saturated heterocycles. The standard InChI is InChI=1S/C20H23N3O4/c1-4-26-20(25)16-12-17(23(22-16)15-8-6-5-7-9-15)19(24)21-14(3)18-11-10-13(2)27-18/h5-11,14,17H,4,12H2,1-3H3,(H,21,24). The molecule has 142 valence electrons. The fraction of sp³-hybridized carbons (Fsp3) is 0.350. The topological polar surface area (TPSA) is 84.1 Å². The van der Waals surface area contributed by atoms with Crippen molar-refractivity contribution in [3.63, 3.8) is 0 Å². The number of nitrogens with zero attached hydrogens (tertiary/aromatic N) is 2. The van der Waals surface area contributed by atoms with E-state index in [0.29, 0.717) is 5.76 Å². The van der Waals surface area contributed by atoms with Crippen molar-refractivity contribution in [2.75, 3.05) is 11.6 Å². The summed E-state index contributed by atoms with van der Waals surface area (Å²) < 4.78 is 10.6. The van der Waals surface area contributed by atoms with Gasteiger partial charge in [-0.25, -0.2) is 4.79 Å². The van der Waals surface area contributed by atoms with Crippen LogP contribution in [0.15, 0.2) is 52.0 Å². The third kappa shape index (κ3) is 4.19. The molecule has 1 amide bonds. The predicted molar refractivity (Wildman–Crippen MR) is 101 cm³/mol. The van der Waals surface area contributed by atoms with Crippen molar-refractivity contribution in [1.82, 2.24) is 5.32 Å². The second kappa shape index (κ2) is 8.07. The van der Waals surface area contributed by atoms with Gasteiger partial charge in [0.25, 0.3) is 0 Å². The van der Waals surface area contributed by atoms with Gasteiger partial charge in [-0.3, -0.25) is 9.80 Å². The summed E-state index contributed by atoms with van der Waals surface area (Å²) in [5.74, 6) is 0.731. The van der Waals surface area contributed by atoms with Crippen molar-refractivity contribution in [1.29, 1.82) is 0 Å². The molecule has 7 heteroatoms. The second-order valence-corrected chi connectivity index (χ2v) is 6.35. The van der Waals surface area contributed by atoms with Crippen molar-refractivity contribution in [2.45, 2.75) is 39.3 Å². The lowest BCUT2D eigenvalue weighted by Crippen LogP contribution is -2.43. The highest BCUT2D eigenvalue weighted by molar-refractivity contribution is 6.38. The minimum absolute atomic E-state index is 0.184. The number of hydrazone groups is 1. The van der Waals surface area contributed by atoms with Crippen LogP contribution in [0.4, 0.5) is 5.69 Å². The van der Waals surface area contributed by atoms with Crippen LogP contribution in [0.5, 0.6) is 0 Å². The first-order valence-electron chi connectivity index (χ1n) is 8.95. The average molecular weight is 369 g/mol. The maximum atomic E-state index is 12.9. The highest BCUT2D eigenvalue weighted by Gasteiger charge is 2.37. The minimum Gasteiger partial charge on any atom is -0.464 e. The number of hydrogen-bond donors (Lipinski definition) is 1. The number of nitrogens with one attached hydrogen (secondary N) is 1. The summed E-state index contributed by atoms with van der Waals surface area (Å²) in [6, 6.07) is 12.0. The third-order valence-corrected chi connectivity index (χ3v) is 4.29. The van der Waals surface area contributed by atoms with Crippen molar-refractivity contribution in [3.05, 3.63) is 54.0 Å². The first-order valence-corrected chi connectivity index (χ1v) is 8.95. The van der Waals surface area contributed by atoms with Gasteiger partial charge in [-0.15, -0.1) is 0 Å². The Hall–Kier alpha value is -3.09. The van der Waals surface area contributed by atoms with E-state index in [0.717, 1.165) is 11.4 Å². The Labute approximate surface area is 158 Å². The smallest absolute Gasteiger partial charge is 0.354 e. The Morgan fingerprint density at radius 3 is 2.67 bits per heavy atom. The van der Waals surface area contributed by atoms with E-state index in [1.165, 1.54) is 0 Å². The molecule has 2 aromatic rings. The Morgan fingerprint density at radius 1 is 1.30 bits per heavy atom. The van der Waals surface area contributed by atoms with Crippen molar-refractivity contribution >= 4 is 23.3 Å². The zero-order chi connectivity index (χ0) is 19.4. The molecular weight excluding hydrogens is 346 g/mol. The Balaban J connectivity index is 1.79. The van der Waals surface area contributed by atoms with Gasteiger partial charge < -0.3 is 14.5 Å². The molecule has 1 aliphatic rings. The first-order chi connectivity index (χ1) is 13.0. The van der Waals surface area contributed by atoms with Gasteiger partial charge in [0.05, 0.1) is 18.3 Å². The van der Waals surface area contributed by atoms with Gasteiger partial charge in [-0.2, -0.15) is 5.10 Å². The van der Waals surface area contributed by atoms with Crippen LogP contribution in [0.3, 0.4) is 0 Å². The number of para-hydroxylation sites is 1. The van der Waals surface area contributed by atoms with Gasteiger partial charge in [0.15, 0.2) is 0 Å². The second-order valence-electron chi connectivity index (χ2n) is 6.35. The molecule has 27 heavy (non-hydrogen) atoms. The number of hydrogen-bond acceptors (Lipinski definition) is 6. The fourth-order valence-corrected chi connectivity index (χ4v) is 2.94. The van der Waals surface area contributed by atoms with Crippen molar-refractivity contribution in [3.8, 4) is 0 Å². The number of benzene rings is 1. The lowest BCUT2D eigenvalue weighted by molar-refractivity contribution is -0.135. The molecule has 1 aromatic heterocycles. The lowest BCUT2D eigenvalue weighted by Gasteiger charge is -2.24. The van der Waals surface area contributed by atoms with Gasteiger partial charge in [-0.1, -0.05) is 18.2 Å². The minimum atomic E-state index is -0.634. The largest absolute Gasteiger partial charge is 0.464 e. The van der Waals surface area contributed by atoms with E-state index in [1.807, 2.05) is 56.3 Å². The van der Waals surface area contributed by atoms with Crippen LogP contribution < -0.4 is 10.3 Å². The molecule has 0 bridgehead atoms. The number of rotatable bonds is 6. The average Bonchev–Trinajstić information content (AvgIpc) is 3.29. The highest BCUT2D eigenvalue weighted by atomic mass is 16.5. The number of esters is 1. The number of furan rings is 1. The molecule has 7 nitrogen and oxygen atoms in total. The van der Waals surface area contributed by atoms with E-state index in [-0.39, 0.29) is 30.7 Å². The van der Waals surface area contributed by atoms with Crippen LogP contribution >= 0.6 is 0 Å². The predicted octanol–water partition coefficient (Wildman–Crippen LogP) is 2.96. The van der Waals surface area contributed by atoms with E-state index in [2.05, 4.69) is 10.4 Å². The molecule has 3 rings (SSSR count). The molecule has 0 saturated carbocycles. The molecule has 2 unspecified atom stereocenters. The quantitative estimate of drug-likeness (QED) is 0.792. The van der Waals surface area contributed by atoms with Gasteiger partial charge in [0.2, 0.25) is 5.91 Å². The summed E-state index contributed by atoms with van der Waals surface area (Å²) in [6.45, 7) is 5.70. The molecule has 1 aliphatic heterocycles. The first kappa shape index (κ1) is 18.7. The Kier molecular flexibility index (Phi) is 5.59. The number of amides is 1. The van der Waals surface area contributed by atoms with Gasteiger partial charge >= 0.3 is 5.97 Å². The van der Waals surface area contributed by atoms with Gasteiger partial charge in [0.1, 0.15) is 23.3 Å². The Bertz CT molecular complexity index is 844. The number of carbonyl (C=O) groups excluding carboxylic acids is 2. The number of ether oxygens (including phenoxy) is 1. The molecule has 0 radical (unpaired) electrons. The number of carbonyl (C=O) groups is 2. The van der Waals surface area contributed by atoms with E-state index in [1.54, 1.807) is 11.9 Å². The number of aryl methyl sites for hydroxylation is 1. The summed E-state index contributed by atoms with van der Waals surface area (Å²) in [5, 5.41) is 8.87. The van der Waals surface area contributed by atoms with Crippen LogP contribution in [0.2, 0.25) is 0 Å². The van der Waals surface area contributed by atoms with Crippen molar-refractivity contribution < 1.29 is 18.7 Å². The van der Waals surface area contributed by atoms with E-state index >= 15 is 0 Å². The van der Waals surface area contributed by atoms with E-state index in [4.69, 9.17) is 9.15 Å². The molecule has 0 aliphatic carbocycles. The van der Waals surface area contributed by atoms with Crippen LogP contribution in [-0.4, -0.2) is 30.2 Å². The Morgan fingerprint density at radius 2 is 2.04 bits per heavy atom. The third-order valence-electron chi connectivity index (χ3n) is 4.29. The molecule has 1 N–H and O–H groups in total. The van der Waals surface area contributed by atoms with Crippen molar-refractivity contribution in [2.24, 2.45) is 5.10 Å². The number of anilines is 1. The molecule has 1 aromatic carbocycles. The zero-order valence-corrected chi connectivity index (χ0v) is 15.6. The zero-order valence-electron chi connectivity index (χ0n) is 15.6. The maximum absolute atomic E-state index is 12.9. The fourth-order valence-electron chi connectivity index (χ4n) is 2.94.